The lowest BCUT2D eigenvalue weighted by Crippen LogP contribution is -2.21. The molecular weight excluding hydrogens is 218 g/mol. The third kappa shape index (κ3) is 2.42. The van der Waals surface area contributed by atoms with Crippen molar-refractivity contribution in [1.29, 1.82) is 0 Å². The van der Waals surface area contributed by atoms with Crippen LogP contribution in [0.25, 0.3) is 0 Å². The highest BCUT2D eigenvalue weighted by Gasteiger charge is 2.20. The van der Waals surface area contributed by atoms with Crippen LogP contribution < -0.4 is 5.43 Å². The molecule has 1 aromatic heterocycles. The second kappa shape index (κ2) is 4.65. The Hall–Kier alpha value is -2.36. The number of benzene rings is 1. The van der Waals surface area contributed by atoms with E-state index in [0.717, 1.165) is 0 Å². The second-order valence-electron chi connectivity index (χ2n) is 3.63. The van der Waals surface area contributed by atoms with Gasteiger partial charge in [-0.2, -0.15) is 0 Å². The summed E-state index contributed by atoms with van der Waals surface area (Å²) >= 11 is 0. The molecule has 2 aromatic rings. The van der Waals surface area contributed by atoms with Crippen LogP contribution in [0.2, 0.25) is 0 Å². The van der Waals surface area contributed by atoms with Crippen LogP contribution in [0.3, 0.4) is 0 Å². The van der Waals surface area contributed by atoms with Gasteiger partial charge in [0.1, 0.15) is 0 Å². The zero-order valence-electron chi connectivity index (χ0n) is 8.98. The normalized spacial score (nSPS) is 12.0. The van der Waals surface area contributed by atoms with Gasteiger partial charge in [-0.15, -0.1) is 0 Å². The number of hydrogen-bond acceptors (Lipinski definition) is 2. The Morgan fingerprint density at radius 1 is 1.06 bits per heavy atom. The van der Waals surface area contributed by atoms with Crippen LogP contribution in [0, 0.1) is 0 Å². The van der Waals surface area contributed by atoms with Crippen LogP contribution in [-0.4, -0.2) is 15.6 Å². The van der Waals surface area contributed by atoms with Crippen LogP contribution in [-0.2, 0) is 4.79 Å². The Labute approximate surface area is 97.8 Å². The molecule has 86 valence electrons. The van der Waals surface area contributed by atoms with Crippen LogP contribution in [0.15, 0.2) is 59.7 Å². The number of nitrogens with zero attached hydrogens (tertiary/aromatic N) is 1. The molecule has 4 heteroatoms. The van der Waals surface area contributed by atoms with Gasteiger partial charge in [0, 0.05) is 24.5 Å². The summed E-state index contributed by atoms with van der Waals surface area (Å²) in [7, 11) is 0. The van der Waals surface area contributed by atoms with E-state index >= 15 is 0 Å². The van der Waals surface area contributed by atoms with E-state index in [0.29, 0.717) is 5.56 Å². The number of carboxylic acids is 1. The highest BCUT2D eigenvalue weighted by atomic mass is 16.4. The molecule has 0 spiro atoms. The van der Waals surface area contributed by atoms with Crippen molar-refractivity contribution < 1.29 is 9.90 Å². The fraction of sp³-hybridized carbons (Fsp3) is 0.0769. The molecule has 4 nitrogen and oxygen atoms in total. The lowest BCUT2D eigenvalue weighted by Gasteiger charge is -2.16. The van der Waals surface area contributed by atoms with Gasteiger partial charge >= 0.3 is 5.97 Å². The maximum atomic E-state index is 11.3. The number of aromatic nitrogens is 1. The molecule has 1 atom stereocenters. The van der Waals surface area contributed by atoms with Gasteiger partial charge in [0.05, 0.1) is 0 Å². The predicted octanol–water partition coefficient (Wildman–Crippen LogP) is 1.52. The highest BCUT2D eigenvalue weighted by Crippen LogP contribution is 2.17. The molecule has 0 aliphatic heterocycles. The number of aliphatic carboxylic acids is 1. The van der Waals surface area contributed by atoms with Gasteiger partial charge in [0.2, 0.25) is 0 Å². The van der Waals surface area contributed by atoms with Crippen molar-refractivity contribution in [2.45, 2.75) is 6.04 Å². The van der Waals surface area contributed by atoms with E-state index < -0.39 is 12.0 Å². The van der Waals surface area contributed by atoms with Gasteiger partial charge in [-0.25, -0.2) is 4.79 Å². The SMILES string of the molecule is O=C(O)[C@H](c1ccccc1)n1ccc(=O)cc1. The Kier molecular flexibility index (Phi) is 3.05. The molecule has 1 N–H and O–H groups in total. The van der Waals surface area contributed by atoms with E-state index in [1.54, 1.807) is 24.3 Å². The van der Waals surface area contributed by atoms with Crippen LogP contribution in [0.1, 0.15) is 11.6 Å². The Morgan fingerprint density at radius 2 is 1.65 bits per heavy atom. The Balaban J connectivity index is 2.47. The first-order chi connectivity index (χ1) is 8.18. The Bertz CT molecular complexity index is 554. The summed E-state index contributed by atoms with van der Waals surface area (Å²) in [4.78, 5) is 22.3. The summed E-state index contributed by atoms with van der Waals surface area (Å²) in [5.41, 5.74) is 0.530. The molecule has 0 fully saturated rings. The van der Waals surface area contributed by atoms with Crippen molar-refractivity contribution in [1.82, 2.24) is 4.57 Å². The molecule has 0 aliphatic carbocycles. The molecule has 0 unspecified atom stereocenters. The fourth-order valence-electron chi connectivity index (χ4n) is 1.67. The quantitative estimate of drug-likeness (QED) is 0.868. The molecule has 0 radical (unpaired) electrons. The summed E-state index contributed by atoms with van der Waals surface area (Å²) in [5, 5.41) is 9.25. The second-order valence-corrected chi connectivity index (χ2v) is 3.63. The summed E-state index contributed by atoms with van der Waals surface area (Å²) < 4.78 is 1.50. The van der Waals surface area contributed by atoms with Gasteiger partial charge in [-0.3, -0.25) is 4.79 Å². The van der Waals surface area contributed by atoms with E-state index in [1.165, 1.54) is 29.1 Å². The van der Waals surface area contributed by atoms with Gasteiger partial charge in [-0.1, -0.05) is 30.3 Å². The van der Waals surface area contributed by atoms with Crippen molar-refractivity contribution >= 4 is 5.97 Å². The first-order valence-corrected chi connectivity index (χ1v) is 5.14. The Morgan fingerprint density at radius 3 is 2.18 bits per heavy atom. The van der Waals surface area contributed by atoms with Gasteiger partial charge in [0.15, 0.2) is 11.5 Å². The number of pyridine rings is 1. The average Bonchev–Trinajstić information content (AvgIpc) is 2.33. The summed E-state index contributed by atoms with van der Waals surface area (Å²) in [6.45, 7) is 0. The first-order valence-electron chi connectivity index (χ1n) is 5.14. The van der Waals surface area contributed by atoms with Crippen molar-refractivity contribution in [3.8, 4) is 0 Å². The van der Waals surface area contributed by atoms with Gasteiger partial charge in [-0.05, 0) is 5.56 Å². The maximum Gasteiger partial charge on any atom is 0.331 e. The topological polar surface area (TPSA) is 59.3 Å². The lowest BCUT2D eigenvalue weighted by molar-refractivity contribution is -0.139. The van der Waals surface area contributed by atoms with Crippen molar-refractivity contribution in [3.05, 3.63) is 70.6 Å². The molecule has 2 rings (SSSR count). The number of carbonyl (C=O) groups is 1. The molecular formula is C13H11NO3. The number of hydrogen-bond donors (Lipinski definition) is 1. The van der Waals surface area contributed by atoms with Crippen LogP contribution in [0.5, 0.6) is 0 Å². The molecule has 1 heterocycles. The largest absolute Gasteiger partial charge is 0.479 e. The summed E-state index contributed by atoms with van der Waals surface area (Å²) in [5.74, 6) is -0.958. The minimum Gasteiger partial charge on any atom is -0.479 e. The first kappa shape index (κ1) is 11.1. The average molecular weight is 229 g/mol. The molecule has 0 aliphatic rings. The molecule has 17 heavy (non-hydrogen) atoms. The molecule has 0 saturated heterocycles. The number of rotatable bonds is 3. The van der Waals surface area contributed by atoms with E-state index in [2.05, 4.69) is 0 Å². The van der Waals surface area contributed by atoms with Crippen molar-refractivity contribution in [3.63, 3.8) is 0 Å². The van der Waals surface area contributed by atoms with E-state index in [1.807, 2.05) is 6.07 Å². The molecule has 0 saturated carbocycles. The third-order valence-electron chi connectivity index (χ3n) is 2.47. The minimum atomic E-state index is -0.958. The standard InChI is InChI=1S/C13H11NO3/c15-11-6-8-14(9-7-11)12(13(16)17)10-4-2-1-3-5-10/h1-9,12H,(H,16,17)/t12-/m0/s1. The third-order valence-corrected chi connectivity index (χ3v) is 2.47. The van der Waals surface area contributed by atoms with E-state index in [-0.39, 0.29) is 5.43 Å². The molecule has 0 bridgehead atoms. The summed E-state index contributed by atoms with van der Waals surface area (Å²) in [6, 6.07) is 10.8. The zero-order chi connectivity index (χ0) is 12.3. The van der Waals surface area contributed by atoms with Crippen molar-refractivity contribution in [2.24, 2.45) is 0 Å². The monoisotopic (exact) mass is 229 g/mol. The lowest BCUT2D eigenvalue weighted by atomic mass is 10.1. The molecule has 1 aromatic carbocycles. The predicted molar refractivity (Wildman–Crippen MR) is 62.9 cm³/mol. The van der Waals surface area contributed by atoms with E-state index in [4.69, 9.17) is 0 Å². The van der Waals surface area contributed by atoms with Gasteiger partial charge < -0.3 is 9.67 Å². The van der Waals surface area contributed by atoms with E-state index in [9.17, 15) is 14.7 Å². The van der Waals surface area contributed by atoms with Crippen LogP contribution in [0.4, 0.5) is 0 Å². The van der Waals surface area contributed by atoms with Crippen LogP contribution >= 0.6 is 0 Å². The van der Waals surface area contributed by atoms with Gasteiger partial charge in [0.25, 0.3) is 0 Å². The van der Waals surface area contributed by atoms with Crippen molar-refractivity contribution in [2.75, 3.05) is 0 Å². The maximum absolute atomic E-state index is 11.3. The zero-order valence-corrected chi connectivity index (χ0v) is 8.98. The number of carboxylic acid groups (broad SMARTS) is 1. The summed E-state index contributed by atoms with van der Waals surface area (Å²) in [6.07, 6.45) is 2.96. The smallest absolute Gasteiger partial charge is 0.331 e. The molecule has 0 amide bonds. The fourth-order valence-corrected chi connectivity index (χ4v) is 1.67. The minimum absolute atomic E-state index is 0.140. The highest BCUT2D eigenvalue weighted by molar-refractivity contribution is 5.76.